The number of halogens is 1. The lowest BCUT2D eigenvalue weighted by atomic mass is 9.82. The summed E-state index contributed by atoms with van der Waals surface area (Å²) in [4.78, 5) is 18.5. The fourth-order valence-corrected chi connectivity index (χ4v) is 4.31. The van der Waals surface area contributed by atoms with E-state index in [0.717, 1.165) is 30.0 Å². The van der Waals surface area contributed by atoms with Gasteiger partial charge in [0, 0.05) is 30.2 Å². The Morgan fingerprint density at radius 2 is 2.11 bits per heavy atom. The van der Waals surface area contributed by atoms with Gasteiger partial charge in [0.15, 0.2) is 0 Å². The molecule has 1 aromatic heterocycles. The van der Waals surface area contributed by atoms with E-state index in [1.807, 2.05) is 25.3 Å². The summed E-state index contributed by atoms with van der Waals surface area (Å²) in [6.07, 6.45) is 6.57. The number of carbonyl (C=O) groups excluding carboxylic acids is 1. The number of nitrogens with zero attached hydrogens (tertiary/aromatic N) is 2. The van der Waals surface area contributed by atoms with Crippen molar-refractivity contribution in [3.63, 3.8) is 0 Å². The van der Waals surface area contributed by atoms with Crippen molar-refractivity contribution in [1.29, 1.82) is 0 Å². The highest BCUT2D eigenvalue weighted by molar-refractivity contribution is 6.30. The number of pyridine rings is 1. The van der Waals surface area contributed by atoms with Crippen LogP contribution in [0.4, 0.5) is 4.79 Å². The molecule has 140 valence electrons. The van der Waals surface area contributed by atoms with Crippen molar-refractivity contribution < 1.29 is 9.53 Å². The number of benzene rings is 1. The Labute approximate surface area is 164 Å². The summed E-state index contributed by atoms with van der Waals surface area (Å²) in [5, 5.41) is 0.775. The Balaban J connectivity index is 1.73. The molecule has 1 amide bonds. The maximum atomic E-state index is 12.0. The largest absolute Gasteiger partial charge is 0.450 e. The highest BCUT2D eigenvalue weighted by Crippen LogP contribution is 2.40. The molecule has 0 saturated carbocycles. The molecule has 0 N–H and O–H groups in total. The maximum Gasteiger partial charge on any atom is 0.410 e. The van der Waals surface area contributed by atoms with Crippen LogP contribution in [0.1, 0.15) is 41.6 Å². The number of amides is 1. The fraction of sp³-hybridized carbons (Fsp3) is 0.364. The van der Waals surface area contributed by atoms with Crippen LogP contribution in [0.3, 0.4) is 0 Å². The van der Waals surface area contributed by atoms with Crippen LogP contribution in [0.25, 0.3) is 0 Å². The molecule has 4 nitrogen and oxygen atoms in total. The van der Waals surface area contributed by atoms with Gasteiger partial charge >= 0.3 is 6.09 Å². The molecule has 1 aromatic carbocycles. The van der Waals surface area contributed by atoms with Gasteiger partial charge in [0.25, 0.3) is 0 Å². The number of fused-ring (bicyclic) bond motifs is 2. The molecule has 1 atom stereocenters. The summed E-state index contributed by atoms with van der Waals surface area (Å²) in [7, 11) is 0. The molecule has 2 aromatic rings. The number of rotatable bonds is 2. The van der Waals surface area contributed by atoms with Gasteiger partial charge in [-0.2, -0.15) is 0 Å². The highest BCUT2D eigenvalue weighted by atomic mass is 35.5. The molecule has 0 radical (unpaired) electrons. The molecule has 1 aliphatic carbocycles. The number of aromatic nitrogens is 1. The van der Waals surface area contributed by atoms with Crippen molar-refractivity contribution in [3.05, 3.63) is 75.6 Å². The molecule has 2 aliphatic rings. The van der Waals surface area contributed by atoms with Crippen LogP contribution in [0.2, 0.25) is 5.02 Å². The molecule has 0 bridgehead atoms. The summed E-state index contributed by atoms with van der Waals surface area (Å²) < 4.78 is 5.14. The summed E-state index contributed by atoms with van der Waals surface area (Å²) in [6, 6.07) is 10.4. The second kappa shape index (κ2) is 7.73. The molecule has 0 unspecified atom stereocenters. The number of hydrogen-bond donors (Lipinski definition) is 0. The molecule has 0 saturated heterocycles. The van der Waals surface area contributed by atoms with Crippen molar-refractivity contribution in [1.82, 2.24) is 9.88 Å². The predicted molar refractivity (Wildman–Crippen MR) is 106 cm³/mol. The van der Waals surface area contributed by atoms with E-state index in [9.17, 15) is 4.79 Å². The molecule has 1 aliphatic heterocycles. The van der Waals surface area contributed by atoms with Gasteiger partial charge in [-0.1, -0.05) is 35.4 Å². The summed E-state index contributed by atoms with van der Waals surface area (Å²) in [6.45, 7) is 3.49. The first-order chi connectivity index (χ1) is 13.2. The second-order valence-electron chi connectivity index (χ2n) is 7.00. The smallest absolute Gasteiger partial charge is 0.410 e. The molecular weight excluding hydrogens is 360 g/mol. The normalized spacial score (nSPS) is 18.8. The van der Waals surface area contributed by atoms with E-state index in [-0.39, 0.29) is 12.0 Å². The number of aryl methyl sites for hydroxylation is 2. The molecule has 0 fully saturated rings. The maximum absolute atomic E-state index is 12.0. The first-order valence-corrected chi connectivity index (χ1v) is 9.88. The zero-order valence-electron chi connectivity index (χ0n) is 15.5. The first-order valence-electron chi connectivity index (χ1n) is 9.50. The van der Waals surface area contributed by atoms with E-state index < -0.39 is 0 Å². The van der Waals surface area contributed by atoms with Crippen molar-refractivity contribution in [2.45, 2.75) is 32.1 Å². The van der Waals surface area contributed by atoms with Crippen molar-refractivity contribution >= 4 is 17.7 Å². The van der Waals surface area contributed by atoms with Gasteiger partial charge < -0.3 is 9.64 Å². The Bertz CT molecular complexity index is 894. The Kier molecular flexibility index (Phi) is 5.17. The Morgan fingerprint density at radius 3 is 2.89 bits per heavy atom. The van der Waals surface area contributed by atoms with E-state index in [1.54, 1.807) is 4.90 Å². The molecule has 5 heteroatoms. The average molecular weight is 383 g/mol. The predicted octanol–water partition coefficient (Wildman–Crippen LogP) is 4.75. The standard InChI is InChI=1S/C22H23ClN2O2/c1-2-27-22(26)25-12-9-15(10-13-25)20-19-8-7-18(23)14-17(19)6-5-16-4-3-11-24-21(16)20/h3-4,7-9,11,14,20H,2,5-6,10,12-13H2,1H3/t20-/m0/s1. The molecular formula is C22H23ClN2O2. The average Bonchev–Trinajstić information content (AvgIpc) is 2.85. The molecule has 0 spiro atoms. The summed E-state index contributed by atoms with van der Waals surface area (Å²) in [5.74, 6) is 0.125. The third-order valence-electron chi connectivity index (χ3n) is 5.42. The number of hydrogen-bond acceptors (Lipinski definition) is 3. The van der Waals surface area contributed by atoms with Gasteiger partial charge in [0.05, 0.1) is 12.3 Å². The molecule has 4 rings (SSSR count). The molecule has 27 heavy (non-hydrogen) atoms. The summed E-state index contributed by atoms with van der Waals surface area (Å²) in [5.41, 5.74) is 6.32. The van der Waals surface area contributed by atoms with Gasteiger partial charge in [-0.15, -0.1) is 0 Å². The minimum atomic E-state index is -0.237. The van der Waals surface area contributed by atoms with E-state index in [1.165, 1.54) is 22.3 Å². The second-order valence-corrected chi connectivity index (χ2v) is 7.43. The quantitative estimate of drug-likeness (QED) is 0.703. The SMILES string of the molecule is CCOC(=O)N1CC=C([C@H]2c3ccc(Cl)cc3CCc3cccnc32)CC1. The minimum absolute atomic E-state index is 0.125. The van der Waals surface area contributed by atoms with Gasteiger partial charge in [0.2, 0.25) is 0 Å². The topological polar surface area (TPSA) is 42.4 Å². The van der Waals surface area contributed by atoms with Crippen LogP contribution < -0.4 is 0 Å². The number of ether oxygens (including phenoxy) is 1. The van der Waals surface area contributed by atoms with Crippen molar-refractivity contribution in [2.24, 2.45) is 0 Å². The van der Waals surface area contributed by atoms with E-state index in [2.05, 4.69) is 24.3 Å². The van der Waals surface area contributed by atoms with Gasteiger partial charge in [-0.05, 0) is 61.1 Å². The van der Waals surface area contributed by atoms with E-state index in [0.29, 0.717) is 19.7 Å². The van der Waals surface area contributed by atoms with Crippen molar-refractivity contribution in [2.75, 3.05) is 19.7 Å². The van der Waals surface area contributed by atoms with Crippen LogP contribution >= 0.6 is 11.6 Å². The zero-order valence-corrected chi connectivity index (χ0v) is 16.2. The fourth-order valence-electron chi connectivity index (χ4n) is 4.11. The summed E-state index contributed by atoms with van der Waals surface area (Å²) >= 11 is 6.27. The van der Waals surface area contributed by atoms with Gasteiger partial charge in [0.1, 0.15) is 0 Å². The van der Waals surface area contributed by atoms with Crippen LogP contribution in [0.5, 0.6) is 0 Å². The first kappa shape index (κ1) is 18.1. The van der Waals surface area contributed by atoms with Crippen LogP contribution in [-0.4, -0.2) is 35.7 Å². The van der Waals surface area contributed by atoms with Crippen molar-refractivity contribution in [3.8, 4) is 0 Å². The Hall–Kier alpha value is -2.33. The monoisotopic (exact) mass is 382 g/mol. The number of carbonyl (C=O) groups is 1. The Morgan fingerprint density at radius 1 is 1.26 bits per heavy atom. The van der Waals surface area contributed by atoms with Crippen LogP contribution in [0, 0.1) is 0 Å². The van der Waals surface area contributed by atoms with Gasteiger partial charge in [-0.25, -0.2) is 4.79 Å². The minimum Gasteiger partial charge on any atom is -0.450 e. The lowest BCUT2D eigenvalue weighted by Crippen LogP contribution is -2.36. The van der Waals surface area contributed by atoms with Gasteiger partial charge in [-0.3, -0.25) is 4.98 Å². The zero-order chi connectivity index (χ0) is 18.8. The van der Waals surface area contributed by atoms with E-state index >= 15 is 0 Å². The highest BCUT2D eigenvalue weighted by Gasteiger charge is 2.30. The molecule has 2 heterocycles. The van der Waals surface area contributed by atoms with Crippen LogP contribution in [-0.2, 0) is 17.6 Å². The third kappa shape index (κ3) is 3.59. The van der Waals surface area contributed by atoms with E-state index in [4.69, 9.17) is 21.3 Å². The van der Waals surface area contributed by atoms with Crippen LogP contribution in [0.15, 0.2) is 48.2 Å². The lowest BCUT2D eigenvalue weighted by Gasteiger charge is -2.30. The third-order valence-corrected chi connectivity index (χ3v) is 5.66. The lowest BCUT2D eigenvalue weighted by molar-refractivity contribution is 0.110.